The number of carbonyl (C=O) groups excluding carboxylic acids is 2. The van der Waals surface area contributed by atoms with Crippen molar-refractivity contribution in [2.75, 3.05) is 13.7 Å². The Kier molecular flexibility index (Phi) is 6.51. The van der Waals surface area contributed by atoms with Crippen LogP contribution in [0.2, 0.25) is 0 Å². The average molecular weight is 346 g/mol. The van der Waals surface area contributed by atoms with E-state index in [0.29, 0.717) is 12.2 Å². The first-order chi connectivity index (χ1) is 12.0. The van der Waals surface area contributed by atoms with Crippen LogP contribution in [-0.4, -0.2) is 25.7 Å². The van der Waals surface area contributed by atoms with Crippen LogP contribution in [0.25, 0.3) is 0 Å². The van der Waals surface area contributed by atoms with Gasteiger partial charge >= 0.3 is 11.9 Å². The van der Waals surface area contributed by atoms with Gasteiger partial charge in [-0.15, -0.1) is 0 Å². The highest BCUT2D eigenvalue weighted by molar-refractivity contribution is 5.94. The number of benzene rings is 2. The van der Waals surface area contributed by atoms with Crippen molar-refractivity contribution >= 4 is 11.9 Å². The van der Waals surface area contributed by atoms with Gasteiger partial charge in [-0.3, -0.25) is 0 Å². The molecule has 6 heteroatoms. The molecule has 0 aliphatic heterocycles. The van der Waals surface area contributed by atoms with Crippen LogP contribution in [0.1, 0.15) is 40.5 Å². The summed E-state index contributed by atoms with van der Waals surface area (Å²) in [6, 6.07) is 9.52. The molecule has 0 saturated carbocycles. The van der Waals surface area contributed by atoms with E-state index in [1.54, 1.807) is 0 Å². The van der Waals surface area contributed by atoms with E-state index >= 15 is 0 Å². The molecule has 0 N–H and O–H groups in total. The molecule has 0 saturated heterocycles. The minimum atomic E-state index is -0.643. The highest BCUT2D eigenvalue weighted by atomic mass is 19.1. The Hall–Kier alpha value is -2.89. The molecule has 0 radical (unpaired) electrons. The second-order valence-corrected chi connectivity index (χ2v) is 5.25. The van der Waals surface area contributed by atoms with Crippen molar-refractivity contribution in [3.05, 3.63) is 59.4 Å². The van der Waals surface area contributed by atoms with E-state index in [1.165, 1.54) is 43.5 Å². The molecule has 2 aromatic carbocycles. The van der Waals surface area contributed by atoms with Crippen LogP contribution >= 0.6 is 0 Å². The van der Waals surface area contributed by atoms with Crippen LogP contribution in [0.4, 0.5) is 4.39 Å². The fourth-order valence-electron chi connectivity index (χ4n) is 2.02. The molecule has 0 heterocycles. The summed E-state index contributed by atoms with van der Waals surface area (Å²) in [6.45, 7) is 2.37. The lowest BCUT2D eigenvalue weighted by molar-refractivity contribution is 0.0499. The molecule has 0 spiro atoms. The minimum absolute atomic E-state index is 0.108. The monoisotopic (exact) mass is 346 g/mol. The lowest BCUT2D eigenvalue weighted by Gasteiger charge is -2.09. The van der Waals surface area contributed by atoms with Crippen LogP contribution in [0.5, 0.6) is 11.5 Å². The maximum atomic E-state index is 13.2. The summed E-state index contributed by atoms with van der Waals surface area (Å²) in [5.74, 6) is -1.35. The molecule has 2 rings (SSSR count). The normalized spacial score (nSPS) is 10.2. The molecule has 0 aliphatic rings. The quantitative estimate of drug-likeness (QED) is 0.431. The van der Waals surface area contributed by atoms with Gasteiger partial charge in [0, 0.05) is 6.07 Å². The zero-order valence-electron chi connectivity index (χ0n) is 14.1. The van der Waals surface area contributed by atoms with E-state index in [1.807, 2.05) is 6.92 Å². The van der Waals surface area contributed by atoms with E-state index in [0.717, 1.165) is 18.9 Å². The Balaban J connectivity index is 2.04. The molecule has 0 aliphatic carbocycles. The predicted octanol–water partition coefficient (Wildman–Crippen LogP) is 4.01. The van der Waals surface area contributed by atoms with Gasteiger partial charge in [-0.1, -0.05) is 13.3 Å². The Labute approximate surface area is 145 Å². The third-order valence-electron chi connectivity index (χ3n) is 3.42. The smallest absolute Gasteiger partial charge is 0.343 e. The standard InChI is InChI=1S/C19H19FO5/c1-3-4-11-24-18(21)13-5-7-14(8-6-13)19(22)25-16-10-9-15(20)12-17(16)23-2/h5-10,12H,3-4,11H2,1-2H3. The number of rotatable bonds is 7. The molecule has 5 nitrogen and oxygen atoms in total. The van der Waals surface area contributed by atoms with Crippen molar-refractivity contribution in [2.24, 2.45) is 0 Å². The van der Waals surface area contributed by atoms with Crippen LogP contribution in [-0.2, 0) is 4.74 Å². The fraction of sp³-hybridized carbons (Fsp3) is 0.263. The van der Waals surface area contributed by atoms with Crippen molar-refractivity contribution in [3.63, 3.8) is 0 Å². The van der Waals surface area contributed by atoms with Crippen LogP contribution in [0.15, 0.2) is 42.5 Å². The topological polar surface area (TPSA) is 61.8 Å². The molecule has 25 heavy (non-hydrogen) atoms. The van der Waals surface area contributed by atoms with Gasteiger partial charge in [-0.25, -0.2) is 14.0 Å². The molecule has 0 aromatic heterocycles. The summed E-state index contributed by atoms with van der Waals surface area (Å²) in [7, 11) is 1.35. The molecule has 0 atom stereocenters. The maximum absolute atomic E-state index is 13.2. The summed E-state index contributed by atoms with van der Waals surface area (Å²) in [4.78, 5) is 24.0. The zero-order chi connectivity index (χ0) is 18.2. The Bertz CT molecular complexity index is 740. The molecule has 132 valence electrons. The number of hydrogen-bond donors (Lipinski definition) is 0. The SMILES string of the molecule is CCCCOC(=O)c1ccc(C(=O)Oc2ccc(F)cc2OC)cc1. The number of carbonyl (C=O) groups is 2. The molecule has 2 aromatic rings. The van der Waals surface area contributed by atoms with Crippen LogP contribution < -0.4 is 9.47 Å². The van der Waals surface area contributed by atoms with E-state index in [9.17, 15) is 14.0 Å². The summed E-state index contributed by atoms with van der Waals surface area (Å²) < 4.78 is 28.5. The van der Waals surface area contributed by atoms with Gasteiger partial charge in [0.15, 0.2) is 11.5 Å². The van der Waals surface area contributed by atoms with E-state index in [-0.39, 0.29) is 17.1 Å². The van der Waals surface area contributed by atoms with Gasteiger partial charge in [-0.2, -0.15) is 0 Å². The summed E-state index contributed by atoms with van der Waals surface area (Å²) in [6.07, 6.45) is 1.74. The number of unbranched alkanes of at least 4 members (excludes halogenated alkanes) is 1. The van der Waals surface area contributed by atoms with Crippen LogP contribution in [0, 0.1) is 5.82 Å². The lowest BCUT2D eigenvalue weighted by Crippen LogP contribution is -2.11. The van der Waals surface area contributed by atoms with Crippen molar-refractivity contribution in [3.8, 4) is 11.5 Å². The second-order valence-electron chi connectivity index (χ2n) is 5.25. The van der Waals surface area contributed by atoms with E-state index in [2.05, 4.69) is 0 Å². The Morgan fingerprint density at radius 2 is 1.60 bits per heavy atom. The third-order valence-corrected chi connectivity index (χ3v) is 3.42. The first-order valence-corrected chi connectivity index (χ1v) is 7.88. The number of halogens is 1. The highest BCUT2D eigenvalue weighted by Crippen LogP contribution is 2.28. The molecule has 0 bridgehead atoms. The highest BCUT2D eigenvalue weighted by Gasteiger charge is 2.14. The van der Waals surface area contributed by atoms with Crippen molar-refractivity contribution < 1.29 is 28.2 Å². The third kappa shape index (κ3) is 5.04. The van der Waals surface area contributed by atoms with Crippen LogP contribution in [0.3, 0.4) is 0 Å². The maximum Gasteiger partial charge on any atom is 0.343 e. The predicted molar refractivity (Wildman–Crippen MR) is 89.5 cm³/mol. The molecule has 0 amide bonds. The lowest BCUT2D eigenvalue weighted by atomic mass is 10.1. The number of methoxy groups -OCH3 is 1. The second kappa shape index (κ2) is 8.82. The molecule has 0 unspecified atom stereocenters. The minimum Gasteiger partial charge on any atom is -0.493 e. The summed E-state index contributed by atoms with van der Waals surface area (Å²) in [5.41, 5.74) is 0.600. The van der Waals surface area contributed by atoms with E-state index < -0.39 is 17.8 Å². The van der Waals surface area contributed by atoms with E-state index in [4.69, 9.17) is 14.2 Å². The van der Waals surface area contributed by atoms with Gasteiger partial charge in [0.2, 0.25) is 0 Å². The van der Waals surface area contributed by atoms with Crippen molar-refractivity contribution in [2.45, 2.75) is 19.8 Å². The molecular formula is C19H19FO5. The van der Waals surface area contributed by atoms with Gasteiger partial charge in [0.1, 0.15) is 5.82 Å². The molecular weight excluding hydrogens is 327 g/mol. The van der Waals surface area contributed by atoms with Gasteiger partial charge in [0.05, 0.1) is 24.8 Å². The zero-order valence-corrected chi connectivity index (χ0v) is 14.1. The Morgan fingerprint density at radius 1 is 0.960 bits per heavy atom. The average Bonchev–Trinajstić information content (AvgIpc) is 2.63. The van der Waals surface area contributed by atoms with Crippen molar-refractivity contribution in [1.82, 2.24) is 0 Å². The summed E-state index contributed by atoms with van der Waals surface area (Å²) in [5, 5.41) is 0. The first kappa shape index (κ1) is 18.4. The van der Waals surface area contributed by atoms with Gasteiger partial charge in [0.25, 0.3) is 0 Å². The number of hydrogen-bond acceptors (Lipinski definition) is 5. The van der Waals surface area contributed by atoms with Gasteiger partial charge in [-0.05, 0) is 42.8 Å². The number of esters is 2. The van der Waals surface area contributed by atoms with Crippen molar-refractivity contribution in [1.29, 1.82) is 0 Å². The molecule has 0 fully saturated rings. The number of ether oxygens (including phenoxy) is 3. The summed E-state index contributed by atoms with van der Waals surface area (Å²) >= 11 is 0. The van der Waals surface area contributed by atoms with Gasteiger partial charge < -0.3 is 14.2 Å². The first-order valence-electron chi connectivity index (χ1n) is 7.88. The largest absolute Gasteiger partial charge is 0.493 e. The fourth-order valence-corrected chi connectivity index (χ4v) is 2.02. The Morgan fingerprint density at radius 3 is 2.20 bits per heavy atom.